The van der Waals surface area contributed by atoms with Gasteiger partial charge in [-0.2, -0.15) is 0 Å². The van der Waals surface area contributed by atoms with Gasteiger partial charge in [0.05, 0.1) is 10.6 Å². The van der Waals surface area contributed by atoms with Gasteiger partial charge in [0, 0.05) is 24.0 Å². The van der Waals surface area contributed by atoms with Crippen LogP contribution in [0, 0.1) is 19.7 Å². The van der Waals surface area contributed by atoms with E-state index in [2.05, 4.69) is 5.32 Å². The Hall–Kier alpha value is -4.21. The van der Waals surface area contributed by atoms with Gasteiger partial charge in [0.15, 0.2) is 0 Å². The number of nitrogens with zero attached hydrogens (tertiary/aromatic N) is 2. The number of rotatable bonds is 12. The third-order valence-corrected chi connectivity index (χ3v) is 9.47. The molecule has 0 saturated heterocycles. The molecule has 10 heteroatoms. The SMILES string of the molecule is Cc1ccc(N(CC(=O)N(Cc2ccc(F)cc2)[C@@H](Cc2ccccc2)C(=O)NC(C)C)S(=O)(=O)c2ccc(Cl)cc2)cc1C. The number of hydrogen-bond acceptors (Lipinski definition) is 4. The fourth-order valence-corrected chi connectivity index (χ4v) is 6.40. The molecule has 4 aromatic rings. The summed E-state index contributed by atoms with van der Waals surface area (Å²) in [5.74, 6) is -1.43. The summed E-state index contributed by atoms with van der Waals surface area (Å²) >= 11 is 6.05. The standard InChI is InChI=1S/C35H37ClFN3O4S/c1-24(2)38-35(42)33(21-27-8-6-5-7-9-27)39(22-28-11-15-30(37)16-12-28)34(41)23-40(31-17-10-25(3)26(4)20-31)45(43,44)32-18-13-29(36)14-19-32/h5-20,24,33H,21-23H2,1-4H3,(H,38,42)/t33-/m0/s1. The molecule has 0 aliphatic heterocycles. The summed E-state index contributed by atoms with van der Waals surface area (Å²) in [5.41, 5.74) is 3.50. The summed E-state index contributed by atoms with van der Waals surface area (Å²) in [6.45, 7) is 6.78. The molecule has 236 valence electrons. The molecule has 0 aliphatic carbocycles. The van der Waals surface area contributed by atoms with Gasteiger partial charge in [-0.1, -0.05) is 60.1 Å². The second-order valence-corrected chi connectivity index (χ2v) is 13.5. The molecule has 0 aliphatic rings. The highest BCUT2D eigenvalue weighted by Crippen LogP contribution is 2.27. The monoisotopic (exact) mass is 649 g/mol. The fourth-order valence-electron chi connectivity index (χ4n) is 4.86. The van der Waals surface area contributed by atoms with E-state index in [1.54, 1.807) is 30.3 Å². The number of carbonyl (C=O) groups is 2. The second-order valence-electron chi connectivity index (χ2n) is 11.3. The smallest absolute Gasteiger partial charge is 0.264 e. The number of anilines is 1. The van der Waals surface area contributed by atoms with Gasteiger partial charge in [-0.15, -0.1) is 0 Å². The molecule has 0 saturated carbocycles. The van der Waals surface area contributed by atoms with E-state index in [-0.39, 0.29) is 29.8 Å². The lowest BCUT2D eigenvalue weighted by Crippen LogP contribution is -2.54. The van der Waals surface area contributed by atoms with Crippen molar-refractivity contribution in [2.45, 2.75) is 57.6 Å². The summed E-state index contributed by atoms with van der Waals surface area (Å²) in [4.78, 5) is 29.5. The third kappa shape index (κ3) is 8.71. The number of aryl methyl sites for hydroxylation is 2. The Morgan fingerprint density at radius 2 is 1.49 bits per heavy atom. The van der Waals surface area contributed by atoms with Crippen molar-refractivity contribution in [1.29, 1.82) is 0 Å². The highest BCUT2D eigenvalue weighted by Gasteiger charge is 2.35. The molecule has 0 heterocycles. The first-order chi connectivity index (χ1) is 21.3. The minimum atomic E-state index is -4.25. The maximum absolute atomic E-state index is 14.4. The predicted molar refractivity (Wildman–Crippen MR) is 176 cm³/mol. The quantitative estimate of drug-likeness (QED) is 0.191. The zero-order valence-electron chi connectivity index (χ0n) is 25.7. The maximum atomic E-state index is 14.4. The van der Waals surface area contributed by atoms with Gasteiger partial charge < -0.3 is 10.2 Å². The zero-order valence-corrected chi connectivity index (χ0v) is 27.3. The van der Waals surface area contributed by atoms with E-state index in [1.165, 1.54) is 41.3 Å². The van der Waals surface area contributed by atoms with E-state index in [0.29, 0.717) is 16.3 Å². The number of carbonyl (C=O) groups excluding carboxylic acids is 2. The van der Waals surface area contributed by atoms with Crippen molar-refractivity contribution in [3.05, 3.63) is 130 Å². The number of hydrogen-bond donors (Lipinski definition) is 1. The minimum absolute atomic E-state index is 0.0404. The van der Waals surface area contributed by atoms with Crippen molar-refractivity contribution in [1.82, 2.24) is 10.2 Å². The average molecular weight is 650 g/mol. The van der Waals surface area contributed by atoms with Crippen LogP contribution in [0.5, 0.6) is 0 Å². The molecule has 0 aromatic heterocycles. The second kappa shape index (κ2) is 14.7. The van der Waals surface area contributed by atoms with Gasteiger partial charge in [-0.05, 0) is 98.5 Å². The molecule has 0 unspecified atom stereocenters. The van der Waals surface area contributed by atoms with Crippen LogP contribution in [-0.4, -0.2) is 43.8 Å². The molecule has 1 atom stereocenters. The van der Waals surface area contributed by atoms with E-state index in [4.69, 9.17) is 11.6 Å². The lowest BCUT2D eigenvalue weighted by Gasteiger charge is -2.34. The first-order valence-corrected chi connectivity index (χ1v) is 16.4. The lowest BCUT2D eigenvalue weighted by molar-refractivity contribution is -0.140. The van der Waals surface area contributed by atoms with Crippen molar-refractivity contribution in [3.63, 3.8) is 0 Å². The summed E-state index contributed by atoms with van der Waals surface area (Å²) in [5, 5.41) is 3.28. The minimum Gasteiger partial charge on any atom is -0.352 e. The molecule has 2 amide bonds. The average Bonchev–Trinajstić information content (AvgIpc) is 3.00. The van der Waals surface area contributed by atoms with Crippen LogP contribution in [0.25, 0.3) is 0 Å². The van der Waals surface area contributed by atoms with Gasteiger partial charge in [-0.25, -0.2) is 12.8 Å². The lowest BCUT2D eigenvalue weighted by atomic mass is 10.0. The Morgan fingerprint density at radius 3 is 2.09 bits per heavy atom. The number of nitrogens with one attached hydrogen (secondary N) is 1. The van der Waals surface area contributed by atoms with Crippen LogP contribution in [0.15, 0.2) is 102 Å². The first kappa shape index (κ1) is 33.7. The van der Waals surface area contributed by atoms with Crippen LogP contribution in [0.3, 0.4) is 0 Å². The maximum Gasteiger partial charge on any atom is 0.264 e. The molecule has 0 fully saturated rings. The molecule has 4 aromatic carbocycles. The van der Waals surface area contributed by atoms with Crippen LogP contribution in [0.2, 0.25) is 5.02 Å². The van der Waals surface area contributed by atoms with Crippen LogP contribution in [0.1, 0.15) is 36.1 Å². The summed E-state index contributed by atoms with van der Waals surface area (Å²) < 4.78 is 43.1. The Bertz CT molecular complexity index is 1730. The van der Waals surface area contributed by atoms with E-state index in [1.807, 2.05) is 58.0 Å². The fraction of sp³-hybridized carbons (Fsp3) is 0.257. The van der Waals surface area contributed by atoms with Crippen molar-refractivity contribution >= 4 is 39.1 Å². The van der Waals surface area contributed by atoms with Crippen LogP contribution < -0.4 is 9.62 Å². The van der Waals surface area contributed by atoms with Crippen LogP contribution in [-0.2, 0) is 32.6 Å². The Labute approximate surface area is 269 Å². The molecule has 0 spiro atoms. The molecule has 0 bridgehead atoms. The number of halogens is 2. The van der Waals surface area contributed by atoms with Crippen molar-refractivity contribution in [3.8, 4) is 0 Å². The summed E-state index contributed by atoms with van der Waals surface area (Å²) in [6, 6.07) is 24.6. The summed E-state index contributed by atoms with van der Waals surface area (Å²) in [7, 11) is -4.25. The van der Waals surface area contributed by atoms with Crippen molar-refractivity contribution in [2.24, 2.45) is 0 Å². The topological polar surface area (TPSA) is 86.8 Å². The van der Waals surface area contributed by atoms with E-state index in [0.717, 1.165) is 21.0 Å². The Morgan fingerprint density at radius 1 is 0.844 bits per heavy atom. The van der Waals surface area contributed by atoms with Gasteiger partial charge >= 0.3 is 0 Å². The highest BCUT2D eigenvalue weighted by molar-refractivity contribution is 7.92. The van der Waals surface area contributed by atoms with Gasteiger partial charge in [0.25, 0.3) is 10.0 Å². The number of sulfonamides is 1. The van der Waals surface area contributed by atoms with Crippen LogP contribution >= 0.6 is 11.6 Å². The van der Waals surface area contributed by atoms with Gasteiger partial charge in [0.1, 0.15) is 18.4 Å². The van der Waals surface area contributed by atoms with Gasteiger partial charge in [-0.3, -0.25) is 13.9 Å². The van der Waals surface area contributed by atoms with Gasteiger partial charge in [0.2, 0.25) is 11.8 Å². The normalized spacial score (nSPS) is 12.1. The first-order valence-electron chi connectivity index (χ1n) is 14.6. The molecular weight excluding hydrogens is 613 g/mol. The molecule has 4 rings (SSSR count). The Kier molecular flexibility index (Phi) is 11.0. The molecule has 1 N–H and O–H groups in total. The summed E-state index contributed by atoms with van der Waals surface area (Å²) in [6.07, 6.45) is 0.180. The highest BCUT2D eigenvalue weighted by atomic mass is 35.5. The molecular formula is C35H37ClFN3O4S. The van der Waals surface area contributed by atoms with Crippen LogP contribution in [0.4, 0.5) is 10.1 Å². The van der Waals surface area contributed by atoms with E-state index < -0.39 is 34.3 Å². The molecule has 7 nitrogen and oxygen atoms in total. The number of amides is 2. The number of benzene rings is 4. The Balaban J connectivity index is 1.82. The molecule has 45 heavy (non-hydrogen) atoms. The van der Waals surface area contributed by atoms with E-state index in [9.17, 15) is 22.4 Å². The molecule has 0 radical (unpaired) electrons. The third-order valence-electron chi connectivity index (χ3n) is 7.43. The van der Waals surface area contributed by atoms with Crippen molar-refractivity contribution in [2.75, 3.05) is 10.8 Å². The zero-order chi connectivity index (χ0) is 32.7. The largest absolute Gasteiger partial charge is 0.352 e. The predicted octanol–water partition coefficient (Wildman–Crippen LogP) is 6.46. The van der Waals surface area contributed by atoms with Crippen molar-refractivity contribution < 1.29 is 22.4 Å². The van der Waals surface area contributed by atoms with E-state index >= 15 is 0 Å².